The Balaban J connectivity index is 2.66. The van der Waals surface area contributed by atoms with Gasteiger partial charge in [-0.15, -0.1) is 0 Å². The van der Waals surface area contributed by atoms with Gasteiger partial charge in [-0.2, -0.15) is 0 Å². The van der Waals surface area contributed by atoms with E-state index < -0.39 is 12.0 Å². The van der Waals surface area contributed by atoms with Gasteiger partial charge in [-0.1, -0.05) is 39.0 Å². The van der Waals surface area contributed by atoms with E-state index in [1.54, 1.807) is 24.3 Å². The van der Waals surface area contributed by atoms with Crippen LogP contribution in [0.15, 0.2) is 30.3 Å². The molecule has 110 valence electrons. The first-order valence-corrected chi connectivity index (χ1v) is 7.09. The molecule has 1 aromatic carbocycles. The first-order chi connectivity index (χ1) is 9.52. The van der Waals surface area contributed by atoms with Gasteiger partial charge < -0.3 is 10.1 Å². The number of para-hydroxylation sites is 1. The number of rotatable bonds is 7. The zero-order valence-electron chi connectivity index (χ0n) is 12.4. The zero-order chi connectivity index (χ0) is 15.0. The molecule has 0 radical (unpaired) electrons. The lowest BCUT2D eigenvalue weighted by atomic mass is 10.0. The van der Waals surface area contributed by atoms with Crippen LogP contribution in [-0.4, -0.2) is 17.9 Å². The highest BCUT2D eigenvalue weighted by Crippen LogP contribution is 2.12. The molecule has 20 heavy (non-hydrogen) atoms. The Kier molecular flexibility index (Phi) is 6.77. The summed E-state index contributed by atoms with van der Waals surface area (Å²) in [6, 6.07) is 8.31. The molecule has 1 aromatic rings. The van der Waals surface area contributed by atoms with E-state index in [1.165, 1.54) is 0 Å². The number of carbonyl (C=O) groups is 2. The number of benzene rings is 1. The maximum atomic E-state index is 12.2. The summed E-state index contributed by atoms with van der Waals surface area (Å²) in [5.41, 5.74) is 0. The molecule has 1 atom stereocenters. The Morgan fingerprint density at radius 2 is 1.85 bits per heavy atom. The van der Waals surface area contributed by atoms with Crippen molar-refractivity contribution >= 4 is 11.9 Å². The van der Waals surface area contributed by atoms with Crippen molar-refractivity contribution in [3.05, 3.63) is 30.3 Å². The Labute approximate surface area is 120 Å². The second-order valence-corrected chi connectivity index (χ2v) is 5.23. The van der Waals surface area contributed by atoms with Crippen LogP contribution in [0.4, 0.5) is 0 Å². The minimum absolute atomic E-state index is 0.108. The summed E-state index contributed by atoms with van der Waals surface area (Å²) in [6.45, 7) is 5.95. The monoisotopic (exact) mass is 277 g/mol. The number of hydrogen-bond donors (Lipinski definition) is 1. The molecule has 0 saturated carbocycles. The van der Waals surface area contributed by atoms with Gasteiger partial charge in [0.15, 0.2) is 0 Å². The second-order valence-electron chi connectivity index (χ2n) is 5.23. The van der Waals surface area contributed by atoms with Crippen molar-refractivity contribution < 1.29 is 14.3 Å². The van der Waals surface area contributed by atoms with Crippen LogP contribution < -0.4 is 10.1 Å². The predicted molar refractivity (Wildman–Crippen MR) is 78.4 cm³/mol. The third-order valence-corrected chi connectivity index (χ3v) is 2.77. The predicted octanol–water partition coefficient (Wildman–Crippen LogP) is 2.92. The average molecular weight is 277 g/mol. The highest BCUT2D eigenvalue weighted by molar-refractivity contribution is 5.85. The third-order valence-electron chi connectivity index (χ3n) is 2.77. The molecule has 0 aliphatic carbocycles. The molecule has 0 bridgehead atoms. The van der Waals surface area contributed by atoms with E-state index in [4.69, 9.17) is 4.74 Å². The maximum absolute atomic E-state index is 12.2. The number of esters is 1. The molecule has 0 saturated heterocycles. The summed E-state index contributed by atoms with van der Waals surface area (Å²) in [5, 5.41) is 2.76. The van der Waals surface area contributed by atoms with Crippen LogP contribution >= 0.6 is 0 Å². The van der Waals surface area contributed by atoms with E-state index in [-0.39, 0.29) is 5.91 Å². The molecular weight excluding hydrogens is 254 g/mol. The molecule has 4 nitrogen and oxygen atoms in total. The van der Waals surface area contributed by atoms with Crippen LogP contribution in [0.5, 0.6) is 5.75 Å². The topological polar surface area (TPSA) is 55.4 Å². The Hall–Kier alpha value is -1.84. The molecular formula is C16H23NO3. The van der Waals surface area contributed by atoms with Crippen molar-refractivity contribution in [3.63, 3.8) is 0 Å². The van der Waals surface area contributed by atoms with Gasteiger partial charge in [-0.05, 0) is 30.9 Å². The van der Waals surface area contributed by atoms with Gasteiger partial charge in [0.05, 0.1) is 0 Å². The molecule has 1 amide bonds. The molecule has 0 aliphatic heterocycles. The fraction of sp³-hybridized carbons (Fsp3) is 0.500. The number of ether oxygens (including phenoxy) is 1. The Bertz CT molecular complexity index is 429. The molecule has 0 spiro atoms. The summed E-state index contributed by atoms with van der Waals surface area (Å²) < 4.78 is 5.30. The average Bonchev–Trinajstić information content (AvgIpc) is 2.39. The second kappa shape index (κ2) is 8.35. The summed E-state index contributed by atoms with van der Waals surface area (Å²) >= 11 is 0. The SMILES string of the molecule is CCCC(=O)N[C@@H](CC(C)C)C(=O)Oc1ccccc1. The van der Waals surface area contributed by atoms with Crippen LogP contribution in [0, 0.1) is 5.92 Å². The van der Waals surface area contributed by atoms with Crippen molar-refractivity contribution in [1.29, 1.82) is 0 Å². The van der Waals surface area contributed by atoms with Crippen molar-refractivity contribution in [2.45, 2.75) is 46.1 Å². The van der Waals surface area contributed by atoms with Crippen molar-refractivity contribution in [2.75, 3.05) is 0 Å². The lowest BCUT2D eigenvalue weighted by Gasteiger charge is -2.19. The first-order valence-electron chi connectivity index (χ1n) is 7.09. The van der Waals surface area contributed by atoms with Crippen molar-refractivity contribution in [2.24, 2.45) is 5.92 Å². The lowest BCUT2D eigenvalue weighted by Crippen LogP contribution is -2.43. The maximum Gasteiger partial charge on any atom is 0.334 e. The van der Waals surface area contributed by atoms with Gasteiger partial charge in [-0.3, -0.25) is 4.79 Å². The minimum atomic E-state index is -0.589. The number of hydrogen-bond acceptors (Lipinski definition) is 3. The molecule has 4 heteroatoms. The minimum Gasteiger partial charge on any atom is -0.425 e. The van der Waals surface area contributed by atoms with Crippen molar-refractivity contribution in [1.82, 2.24) is 5.32 Å². The molecule has 0 unspecified atom stereocenters. The van der Waals surface area contributed by atoms with E-state index in [1.807, 2.05) is 26.8 Å². The highest BCUT2D eigenvalue weighted by atomic mass is 16.5. The Morgan fingerprint density at radius 3 is 2.40 bits per heavy atom. The number of carbonyl (C=O) groups excluding carboxylic acids is 2. The lowest BCUT2D eigenvalue weighted by molar-refractivity contribution is -0.139. The molecule has 1 N–H and O–H groups in total. The van der Waals surface area contributed by atoms with E-state index in [2.05, 4.69) is 5.32 Å². The van der Waals surface area contributed by atoms with E-state index in [0.717, 1.165) is 6.42 Å². The van der Waals surface area contributed by atoms with Crippen LogP contribution in [0.3, 0.4) is 0 Å². The molecule has 0 aliphatic rings. The molecule has 1 rings (SSSR count). The molecule has 0 fully saturated rings. The number of nitrogens with one attached hydrogen (secondary N) is 1. The summed E-state index contributed by atoms with van der Waals surface area (Å²) in [6.07, 6.45) is 1.75. The van der Waals surface area contributed by atoms with Crippen LogP contribution in [0.25, 0.3) is 0 Å². The van der Waals surface area contributed by atoms with E-state index in [0.29, 0.717) is 24.5 Å². The summed E-state index contributed by atoms with van der Waals surface area (Å²) in [4.78, 5) is 23.8. The smallest absolute Gasteiger partial charge is 0.334 e. The van der Waals surface area contributed by atoms with Gasteiger partial charge in [0.1, 0.15) is 11.8 Å². The quantitative estimate of drug-likeness (QED) is 0.616. The standard InChI is InChI=1S/C16H23NO3/c1-4-8-15(18)17-14(11-12(2)3)16(19)20-13-9-6-5-7-10-13/h5-7,9-10,12,14H,4,8,11H2,1-3H3,(H,17,18)/t14-/m0/s1. The Morgan fingerprint density at radius 1 is 1.20 bits per heavy atom. The van der Waals surface area contributed by atoms with Crippen LogP contribution in [-0.2, 0) is 9.59 Å². The first kappa shape index (κ1) is 16.2. The molecule has 0 heterocycles. The third kappa shape index (κ3) is 5.87. The number of amides is 1. The van der Waals surface area contributed by atoms with Gasteiger partial charge in [0.2, 0.25) is 5.91 Å². The van der Waals surface area contributed by atoms with Crippen LogP contribution in [0.1, 0.15) is 40.0 Å². The van der Waals surface area contributed by atoms with Gasteiger partial charge in [0.25, 0.3) is 0 Å². The fourth-order valence-corrected chi connectivity index (χ4v) is 1.85. The van der Waals surface area contributed by atoms with Gasteiger partial charge in [-0.25, -0.2) is 4.79 Å². The van der Waals surface area contributed by atoms with E-state index in [9.17, 15) is 9.59 Å². The van der Waals surface area contributed by atoms with Crippen LogP contribution in [0.2, 0.25) is 0 Å². The van der Waals surface area contributed by atoms with Gasteiger partial charge in [0, 0.05) is 6.42 Å². The zero-order valence-corrected chi connectivity index (χ0v) is 12.4. The summed E-state index contributed by atoms with van der Waals surface area (Å²) in [7, 11) is 0. The summed E-state index contributed by atoms with van der Waals surface area (Å²) in [5.74, 6) is 0.277. The van der Waals surface area contributed by atoms with Crippen molar-refractivity contribution in [3.8, 4) is 5.75 Å². The van der Waals surface area contributed by atoms with Gasteiger partial charge >= 0.3 is 5.97 Å². The van der Waals surface area contributed by atoms with E-state index >= 15 is 0 Å². The largest absolute Gasteiger partial charge is 0.425 e. The normalized spacial score (nSPS) is 12.0. The molecule has 0 aromatic heterocycles. The fourth-order valence-electron chi connectivity index (χ4n) is 1.85. The highest BCUT2D eigenvalue weighted by Gasteiger charge is 2.23.